The minimum absolute atomic E-state index is 0.122. The second-order valence-corrected chi connectivity index (χ2v) is 11.4. The Morgan fingerprint density at radius 2 is 1.61 bits per heavy atom. The Balaban J connectivity index is 1.66. The predicted molar refractivity (Wildman–Crippen MR) is 160 cm³/mol. The minimum Gasteiger partial charge on any atom is -0.497 e. The van der Waals surface area contributed by atoms with Crippen molar-refractivity contribution < 1.29 is 37.0 Å². The Morgan fingerprint density at radius 3 is 2.20 bits per heavy atom. The van der Waals surface area contributed by atoms with Crippen LogP contribution in [0.4, 0.5) is 13.2 Å². The van der Waals surface area contributed by atoms with Gasteiger partial charge in [0, 0.05) is 28.4 Å². The molecule has 8 nitrogen and oxygen atoms in total. The summed E-state index contributed by atoms with van der Waals surface area (Å²) in [6.45, 7) is 4.97. The van der Waals surface area contributed by atoms with Gasteiger partial charge >= 0.3 is 12.1 Å². The number of carbonyl (C=O) groups is 2. The molecule has 0 unspecified atom stereocenters. The summed E-state index contributed by atoms with van der Waals surface area (Å²) in [5.41, 5.74) is -0.790. The van der Waals surface area contributed by atoms with Gasteiger partial charge in [0.2, 0.25) is 5.88 Å². The first-order valence-electron chi connectivity index (χ1n) is 13.2. The van der Waals surface area contributed by atoms with Crippen molar-refractivity contribution in [2.45, 2.75) is 39.0 Å². The molecular weight excluding hydrogens is 622 g/mol. The van der Waals surface area contributed by atoms with E-state index in [1.165, 1.54) is 23.9 Å². The van der Waals surface area contributed by atoms with Gasteiger partial charge in [0.1, 0.15) is 17.1 Å². The monoisotopic (exact) mass is 649 g/mol. The summed E-state index contributed by atoms with van der Waals surface area (Å²) < 4.78 is 60.3. The molecule has 1 N–H and O–H groups in total. The molecule has 0 aliphatic heterocycles. The molecule has 0 saturated carbocycles. The van der Waals surface area contributed by atoms with Crippen LogP contribution in [0.1, 0.15) is 43.1 Å². The molecule has 0 bridgehead atoms. The highest BCUT2D eigenvalue weighted by Gasteiger charge is 2.36. The highest BCUT2D eigenvalue weighted by Crippen LogP contribution is 2.41. The van der Waals surface area contributed by atoms with Gasteiger partial charge in [-0.15, -0.1) is 5.10 Å². The minimum atomic E-state index is -4.88. The number of halogens is 5. The van der Waals surface area contributed by atoms with Crippen LogP contribution in [0.15, 0.2) is 66.9 Å². The lowest BCUT2D eigenvalue weighted by molar-refractivity contribution is -0.154. The van der Waals surface area contributed by atoms with Gasteiger partial charge in [0.15, 0.2) is 0 Å². The van der Waals surface area contributed by atoms with E-state index in [4.69, 9.17) is 37.4 Å². The van der Waals surface area contributed by atoms with Crippen molar-refractivity contribution in [1.82, 2.24) is 15.1 Å². The van der Waals surface area contributed by atoms with Gasteiger partial charge in [-0.3, -0.25) is 9.59 Å². The fraction of sp³-hybridized carbons (Fsp3) is 0.258. The number of amides is 1. The van der Waals surface area contributed by atoms with Crippen LogP contribution in [0.5, 0.6) is 17.4 Å². The average molecular weight is 650 g/mol. The topological polar surface area (TPSA) is 91.7 Å². The Kier molecular flexibility index (Phi) is 9.80. The quantitative estimate of drug-likeness (QED) is 0.184. The first-order chi connectivity index (χ1) is 20.6. The number of aromatic nitrogens is 2. The molecule has 0 atom stereocenters. The maximum absolute atomic E-state index is 14.2. The number of methoxy groups -OCH3 is 1. The van der Waals surface area contributed by atoms with Gasteiger partial charge in [-0.1, -0.05) is 35.3 Å². The molecule has 13 heteroatoms. The zero-order valence-electron chi connectivity index (χ0n) is 24.1. The maximum atomic E-state index is 14.2. The van der Waals surface area contributed by atoms with Crippen molar-refractivity contribution in [3.8, 4) is 34.2 Å². The third kappa shape index (κ3) is 8.45. The molecule has 4 aromatic rings. The van der Waals surface area contributed by atoms with E-state index in [0.717, 1.165) is 6.07 Å². The molecule has 0 fully saturated rings. The molecule has 0 spiro atoms. The van der Waals surface area contributed by atoms with Crippen LogP contribution in [0.3, 0.4) is 0 Å². The number of ether oxygens (including phenoxy) is 3. The Bertz CT molecular complexity index is 1650. The van der Waals surface area contributed by atoms with Crippen LogP contribution in [-0.4, -0.2) is 40.9 Å². The van der Waals surface area contributed by atoms with E-state index in [2.05, 4.69) is 10.4 Å². The van der Waals surface area contributed by atoms with E-state index in [1.54, 1.807) is 63.4 Å². The fourth-order valence-corrected chi connectivity index (χ4v) is 4.58. The summed E-state index contributed by atoms with van der Waals surface area (Å²) in [7, 11) is 1.51. The number of esters is 1. The van der Waals surface area contributed by atoms with Crippen LogP contribution < -0.4 is 14.8 Å². The molecule has 1 aromatic heterocycles. The Labute approximate surface area is 261 Å². The van der Waals surface area contributed by atoms with Crippen LogP contribution in [0, 0.1) is 0 Å². The number of rotatable bonds is 9. The normalized spacial score (nSPS) is 11.7. The van der Waals surface area contributed by atoms with Crippen LogP contribution in [0.25, 0.3) is 16.8 Å². The number of hydrogen-bond acceptors (Lipinski definition) is 6. The molecule has 232 valence electrons. The summed E-state index contributed by atoms with van der Waals surface area (Å²) in [6, 6.07) is 14.4. The fourth-order valence-electron chi connectivity index (χ4n) is 4.06. The zero-order chi connectivity index (χ0) is 32.2. The average Bonchev–Trinajstić information content (AvgIpc) is 3.35. The molecule has 0 aliphatic rings. The number of carbonyl (C=O) groups excluding carboxylic acids is 2. The van der Waals surface area contributed by atoms with Crippen molar-refractivity contribution >= 4 is 35.1 Å². The summed E-state index contributed by atoms with van der Waals surface area (Å²) >= 11 is 12.3. The van der Waals surface area contributed by atoms with Crippen molar-refractivity contribution in [2.75, 3.05) is 13.7 Å². The zero-order valence-corrected chi connectivity index (χ0v) is 25.6. The third-order valence-electron chi connectivity index (χ3n) is 5.98. The molecular formula is C31H28Cl2F3N3O5. The van der Waals surface area contributed by atoms with Gasteiger partial charge in [-0.05, 0) is 74.9 Å². The number of nitrogens with zero attached hydrogens (tertiary/aromatic N) is 2. The number of benzene rings is 3. The third-order valence-corrected chi connectivity index (χ3v) is 6.42. The molecule has 0 radical (unpaired) electrons. The second kappa shape index (κ2) is 13.2. The van der Waals surface area contributed by atoms with Gasteiger partial charge in [0.05, 0.1) is 30.3 Å². The van der Waals surface area contributed by atoms with Crippen molar-refractivity contribution in [2.24, 2.45) is 0 Å². The largest absolute Gasteiger partial charge is 0.497 e. The van der Waals surface area contributed by atoms with Crippen LogP contribution in [0.2, 0.25) is 10.0 Å². The van der Waals surface area contributed by atoms with Crippen molar-refractivity contribution in [3.05, 3.63) is 88.0 Å². The lowest BCUT2D eigenvalue weighted by Crippen LogP contribution is -2.29. The second-order valence-electron chi connectivity index (χ2n) is 10.6. The van der Waals surface area contributed by atoms with E-state index in [1.807, 2.05) is 0 Å². The SMILES string of the molecule is COc1ccc(-c2cn(-c3cc(Cl)cc(Cl)c3)nc2Oc2ccc(C(=O)NCCC(=O)OC(C)(C)C)cc2C(F)(F)F)cc1. The highest BCUT2D eigenvalue weighted by atomic mass is 35.5. The van der Waals surface area contributed by atoms with E-state index < -0.39 is 35.0 Å². The molecule has 1 heterocycles. The molecule has 0 saturated heterocycles. The Hall–Kier alpha value is -4.22. The molecule has 0 aliphatic carbocycles. The summed E-state index contributed by atoms with van der Waals surface area (Å²) in [6.07, 6.45) is -3.46. The van der Waals surface area contributed by atoms with E-state index >= 15 is 0 Å². The van der Waals surface area contributed by atoms with E-state index in [-0.39, 0.29) is 24.4 Å². The first kappa shape index (κ1) is 32.7. The van der Waals surface area contributed by atoms with Crippen molar-refractivity contribution in [1.29, 1.82) is 0 Å². The van der Waals surface area contributed by atoms with Crippen LogP contribution >= 0.6 is 23.2 Å². The van der Waals surface area contributed by atoms with Gasteiger partial charge in [-0.2, -0.15) is 13.2 Å². The standard InChI is InChI=1S/C31H28Cl2F3N3O5/c1-30(2,3)44-27(40)11-12-37-28(41)19-7-10-26(25(13-19)31(34,35)36)43-29-24(18-5-8-23(42-4)9-6-18)17-39(38-29)22-15-20(32)14-21(33)16-22/h5-10,13-17H,11-12H2,1-4H3,(H,37,41). The number of alkyl halides is 3. The molecule has 4 rings (SSSR count). The number of hydrogen-bond donors (Lipinski definition) is 1. The summed E-state index contributed by atoms with van der Waals surface area (Å²) in [5, 5.41) is 7.49. The van der Waals surface area contributed by atoms with Gasteiger partial charge in [-0.25, -0.2) is 4.68 Å². The lowest BCUT2D eigenvalue weighted by atomic mass is 10.1. The lowest BCUT2D eigenvalue weighted by Gasteiger charge is -2.19. The molecule has 3 aromatic carbocycles. The van der Waals surface area contributed by atoms with Gasteiger partial charge in [0.25, 0.3) is 5.91 Å². The Morgan fingerprint density at radius 1 is 0.955 bits per heavy atom. The molecule has 44 heavy (non-hydrogen) atoms. The number of nitrogens with one attached hydrogen (secondary N) is 1. The van der Waals surface area contributed by atoms with Crippen LogP contribution in [-0.2, 0) is 15.7 Å². The smallest absolute Gasteiger partial charge is 0.420 e. The van der Waals surface area contributed by atoms with Gasteiger partial charge < -0.3 is 19.5 Å². The highest BCUT2D eigenvalue weighted by molar-refractivity contribution is 6.34. The predicted octanol–water partition coefficient (Wildman–Crippen LogP) is 8.13. The first-order valence-corrected chi connectivity index (χ1v) is 14.0. The summed E-state index contributed by atoms with van der Waals surface area (Å²) in [4.78, 5) is 24.6. The van der Waals surface area contributed by atoms with E-state index in [9.17, 15) is 22.8 Å². The summed E-state index contributed by atoms with van der Waals surface area (Å²) in [5.74, 6) is -1.50. The van der Waals surface area contributed by atoms with Crippen molar-refractivity contribution in [3.63, 3.8) is 0 Å². The maximum Gasteiger partial charge on any atom is 0.420 e. The molecule has 1 amide bonds. The van der Waals surface area contributed by atoms with E-state index in [0.29, 0.717) is 38.7 Å².